The second-order valence-corrected chi connectivity index (χ2v) is 5.32. The maximum Gasteiger partial charge on any atom is 0.133 e. The largest absolute Gasteiger partial charge is 0.351 e. The lowest BCUT2D eigenvalue weighted by Gasteiger charge is -2.32. The summed E-state index contributed by atoms with van der Waals surface area (Å²) >= 11 is 0. The third kappa shape index (κ3) is 2.37. The lowest BCUT2D eigenvalue weighted by Crippen LogP contribution is -2.36. The summed E-state index contributed by atoms with van der Waals surface area (Å²) in [6, 6.07) is 5.83. The Morgan fingerprint density at radius 3 is 2.94 bits per heavy atom. The summed E-state index contributed by atoms with van der Waals surface area (Å²) in [4.78, 5) is 7.20. The summed E-state index contributed by atoms with van der Waals surface area (Å²) < 4.78 is 0. The van der Waals surface area contributed by atoms with E-state index in [2.05, 4.69) is 42.0 Å². The van der Waals surface area contributed by atoms with Crippen molar-refractivity contribution in [1.82, 2.24) is 10.3 Å². The minimum Gasteiger partial charge on any atom is -0.351 e. The first kappa shape index (κ1) is 13.3. The van der Waals surface area contributed by atoms with Crippen LogP contribution in [0.1, 0.15) is 51.6 Å². The molecule has 0 amide bonds. The molecule has 1 fully saturated rings. The molecule has 0 aliphatic carbocycles. The summed E-state index contributed by atoms with van der Waals surface area (Å²) in [6.45, 7) is 6.79. The van der Waals surface area contributed by atoms with Crippen LogP contribution in [0.5, 0.6) is 0 Å². The van der Waals surface area contributed by atoms with E-state index in [1.54, 1.807) is 0 Å². The Labute approximate surface area is 111 Å². The Morgan fingerprint density at radius 2 is 2.28 bits per heavy atom. The minimum atomic E-state index is 0.346. The monoisotopic (exact) mass is 247 g/mol. The van der Waals surface area contributed by atoms with Crippen LogP contribution in [0.15, 0.2) is 18.3 Å². The number of nitrogens with zero attached hydrogens (tertiary/aromatic N) is 2. The van der Waals surface area contributed by atoms with E-state index in [-0.39, 0.29) is 0 Å². The fourth-order valence-electron chi connectivity index (χ4n) is 2.97. The molecule has 3 unspecified atom stereocenters. The van der Waals surface area contributed by atoms with Gasteiger partial charge in [0, 0.05) is 29.9 Å². The molecule has 1 saturated heterocycles. The third-order valence-corrected chi connectivity index (χ3v) is 4.22. The first-order valence-electron chi connectivity index (χ1n) is 7.09. The molecule has 0 spiro atoms. The van der Waals surface area contributed by atoms with Crippen molar-refractivity contribution in [2.24, 2.45) is 0 Å². The molecule has 3 atom stereocenters. The SMILES string of the molecule is CCC1CCC(C)N1c1ncccc1C(C)NC. The van der Waals surface area contributed by atoms with Crippen LogP contribution >= 0.6 is 0 Å². The molecule has 0 aromatic carbocycles. The summed E-state index contributed by atoms with van der Waals surface area (Å²) in [5, 5.41) is 3.33. The van der Waals surface area contributed by atoms with Crippen molar-refractivity contribution >= 4 is 5.82 Å². The van der Waals surface area contributed by atoms with Crippen molar-refractivity contribution in [2.75, 3.05) is 11.9 Å². The van der Waals surface area contributed by atoms with Gasteiger partial charge >= 0.3 is 0 Å². The van der Waals surface area contributed by atoms with Gasteiger partial charge in [-0.25, -0.2) is 4.98 Å². The van der Waals surface area contributed by atoms with E-state index in [1.165, 1.54) is 30.6 Å². The molecule has 1 aromatic heterocycles. The van der Waals surface area contributed by atoms with Crippen LogP contribution in [0.2, 0.25) is 0 Å². The Kier molecular flexibility index (Phi) is 4.23. The van der Waals surface area contributed by atoms with Crippen molar-refractivity contribution in [3.05, 3.63) is 23.9 Å². The van der Waals surface area contributed by atoms with Crippen LogP contribution in [0.25, 0.3) is 0 Å². The van der Waals surface area contributed by atoms with Crippen molar-refractivity contribution in [3.63, 3.8) is 0 Å². The number of aromatic nitrogens is 1. The van der Waals surface area contributed by atoms with Crippen molar-refractivity contribution in [3.8, 4) is 0 Å². The van der Waals surface area contributed by atoms with Crippen LogP contribution in [0.3, 0.4) is 0 Å². The molecule has 1 aliphatic heterocycles. The molecule has 3 heteroatoms. The van der Waals surface area contributed by atoms with E-state index in [0.717, 1.165) is 0 Å². The first-order valence-corrected chi connectivity index (χ1v) is 7.09. The number of nitrogens with one attached hydrogen (secondary N) is 1. The lowest BCUT2D eigenvalue weighted by atomic mass is 10.1. The van der Waals surface area contributed by atoms with Crippen LogP contribution in [-0.4, -0.2) is 24.1 Å². The van der Waals surface area contributed by atoms with Gasteiger partial charge in [-0.3, -0.25) is 0 Å². The highest BCUT2D eigenvalue weighted by Gasteiger charge is 2.32. The molecule has 1 aliphatic rings. The van der Waals surface area contributed by atoms with Gasteiger partial charge in [-0.05, 0) is 46.2 Å². The van der Waals surface area contributed by atoms with E-state index in [1.807, 2.05) is 19.3 Å². The fraction of sp³-hybridized carbons (Fsp3) is 0.667. The van der Waals surface area contributed by atoms with Gasteiger partial charge in [0.1, 0.15) is 5.82 Å². The average molecular weight is 247 g/mol. The molecular formula is C15H25N3. The minimum absolute atomic E-state index is 0.346. The molecular weight excluding hydrogens is 222 g/mol. The molecule has 3 nitrogen and oxygen atoms in total. The summed E-state index contributed by atoms with van der Waals surface area (Å²) in [5.41, 5.74) is 1.31. The second-order valence-electron chi connectivity index (χ2n) is 5.32. The number of pyridine rings is 1. The highest BCUT2D eigenvalue weighted by molar-refractivity contribution is 5.51. The van der Waals surface area contributed by atoms with Crippen LogP contribution in [-0.2, 0) is 0 Å². The van der Waals surface area contributed by atoms with Crippen molar-refractivity contribution in [1.29, 1.82) is 0 Å². The Hall–Kier alpha value is -1.09. The average Bonchev–Trinajstić information content (AvgIpc) is 2.78. The highest BCUT2D eigenvalue weighted by Crippen LogP contribution is 2.34. The molecule has 100 valence electrons. The third-order valence-electron chi connectivity index (χ3n) is 4.22. The number of hydrogen-bond acceptors (Lipinski definition) is 3. The van der Waals surface area contributed by atoms with E-state index in [4.69, 9.17) is 0 Å². The zero-order chi connectivity index (χ0) is 13.1. The zero-order valence-corrected chi connectivity index (χ0v) is 12.0. The van der Waals surface area contributed by atoms with Crippen molar-refractivity contribution < 1.29 is 0 Å². The van der Waals surface area contributed by atoms with Gasteiger partial charge in [-0.15, -0.1) is 0 Å². The van der Waals surface area contributed by atoms with Crippen LogP contribution < -0.4 is 10.2 Å². The van der Waals surface area contributed by atoms with Gasteiger partial charge in [0.15, 0.2) is 0 Å². The van der Waals surface area contributed by atoms with Gasteiger partial charge < -0.3 is 10.2 Å². The Morgan fingerprint density at radius 1 is 1.50 bits per heavy atom. The van der Waals surface area contributed by atoms with E-state index in [9.17, 15) is 0 Å². The van der Waals surface area contributed by atoms with E-state index < -0.39 is 0 Å². The molecule has 1 aromatic rings. The lowest BCUT2D eigenvalue weighted by molar-refractivity contribution is 0.600. The normalized spacial score (nSPS) is 25.4. The second kappa shape index (κ2) is 5.70. The van der Waals surface area contributed by atoms with Crippen molar-refractivity contribution in [2.45, 2.75) is 58.2 Å². The van der Waals surface area contributed by atoms with Gasteiger partial charge in [-0.2, -0.15) is 0 Å². The smallest absolute Gasteiger partial charge is 0.133 e. The van der Waals surface area contributed by atoms with Crippen LogP contribution in [0.4, 0.5) is 5.82 Å². The maximum atomic E-state index is 4.66. The predicted octanol–water partition coefficient (Wildman–Crippen LogP) is 3.13. The summed E-state index contributed by atoms with van der Waals surface area (Å²) in [7, 11) is 2.01. The van der Waals surface area contributed by atoms with E-state index in [0.29, 0.717) is 18.1 Å². The predicted molar refractivity (Wildman–Crippen MR) is 77.0 cm³/mol. The Balaban J connectivity index is 2.37. The molecule has 2 rings (SSSR count). The summed E-state index contributed by atoms with van der Waals surface area (Å²) in [5.74, 6) is 1.18. The quantitative estimate of drug-likeness (QED) is 0.886. The van der Waals surface area contributed by atoms with Gasteiger partial charge in [0.05, 0.1) is 0 Å². The number of hydrogen-bond donors (Lipinski definition) is 1. The summed E-state index contributed by atoms with van der Waals surface area (Å²) in [6.07, 6.45) is 5.69. The molecule has 18 heavy (non-hydrogen) atoms. The molecule has 1 N–H and O–H groups in total. The molecule has 2 heterocycles. The molecule has 0 saturated carbocycles. The maximum absolute atomic E-state index is 4.66. The van der Waals surface area contributed by atoms with Gasteiger partial charge in [0.2, 0.25) is 0 Å². The van der Waals surface area contributed by atoms with E-state index >= 15 is 0 Å². The van der Waals surface area contributed by atoms with Crippen LogP contribution in [0, 0.1) is 0 Å². The number of rotatable bonds is 4. The van der Waals surface area contributed by atoms with Gasteiger partial charge in [0.25, 0.3) is 0 Å². The zero-order valence-electron chi connectivity index (χ0n) is 12.0. The highest BCUT2D eigenvalue weighted by atomic mass is 15.3. The first-order chi connectivity index (χ1) is 8.69. The molecule has 0 radical (unpaired) electrons. The number of anilines is 1. The topological polar surface area (TPSA) is 28.2 Å². The fourth-order valence-corrected chi connectivity index (χ4v) is 2.97. The van der Waals surface area contributed by atoms with Gasteiger partial charge in [-0.1, -0.05) is 13.0 Å². The Bertz CT molecular complexity index is 391. The standard InChI is InChI=1S/C15H25N3/c1-5-13-9-8-11(2)18(13)15-14(12(3)16-4)7-6-10-17-15/h6-7,10-13,16H,5,8-9H2,1-4H3. The molecule has 0 bridgehead atoms.